The molecule has 0 spiro atoms. The first-order chi connectivity index (χ1) is 10.9. The lowest BCUT2D eigenvalue weighted by molar-refractivity contribution is 0.102. The molecule has 2 aromatic carbocycles. The number of amides is 1. The summed E-state index contributed by atoms with van der Waals surface area (Å²) in [6, 6.07) is 11.7. The van der Waals surface area contributed by atoms with Crippen LogP contribution in [0.1, 0.15) is 34.3 Å². The highest BCUT2D eigenvalue weighted by molar-refractivity contribution is 7.89. The number of hydrogen-bond donors (Lipinski definition) is 2. The molecule has 0 atom stereocenters. The smallest absolute Gasteiger partial charge is 0.255 e. The van der Waals surface area contributed by atoms with Crippen LogP contribution in [0.25, 0.3) is 0 Å². The van der Waals surface area contributed by atoms with Gasteiger partial charge in [-0.15, -0.1) is 0 Å². The molecule has 6 heteroatoms. The maximum absolute atomic E-state index is 12.4. The quantitative estimate of drug-likeness (QED) is 0.906. The lowest BCUT2D eigenvalue weighted by atomic mass is 9.90. The van der Waals surface area contributed by atoms with Crippen molar-refractivity contribution in [2.45, 2.75) is 30.6 Å². The average Bonchev–Trinajstić information content (AvgIpc) is 2.54. The van der Waals surface area contributed by atoms with Crippen LogP contribution in [0.5, 0.6) is 0 Å². The van der Waals surface area contributed by atoms with Gasteiger partial charge in [0.25, 0.3) is 5.91 Å². The Hall–Kier alpha value is -2.18. The van der Waals surface area contributed by atoms with E-state index in [0.717, 1.165) is 19.3 Å². The second kappa shape index (κ2) is 6.14. The summed E-state index contributed by atoms with van der Waals surface area (Å²) < 4.78 is 22.7. The number of aryl methyl sites for hydroxylation is 2. The van der Waals surface area contributed by atoms with E-state index in [1.807, 2.05) is 18.2 Å². The number of hydrogen-bond acceptors (Lipinski definition) is 3. The zero-order chi connectivity index (χ0) is 16.4. The Labute approximate surface area is 135 Å². The molecule has 23 heavy (non-hydrogen) atoms. The van der Waals surface area contributed by atoms with Crippen molar-refractivity contribution >= 4 is 21.6 Å². The van der Waals surface area contributed by atoms with Crippen LogP contribution >= 0.6 is 0 Å². The van der Waals surface area contributed by atoms with Gasteiger partial charge in [0.15, 0.2) is 0 Å². The SMILES string of the molecule is NS(=O)(=O)c1cccc(NC(=O)c2ccc3c(c2)CCCC3)c1. The van der Waals surface area contributed by atoms with E-state index in [9.17, 15) is 13.2 Å². The van der Waals surface area contributed by atoms with E-state index < -0.39 is 10.0 Å². The molecule has 0 aromatic heterocycles. The van der Waals surface area contributed by atoms with Crippen molar-refractivity contribution in [3.05, 3.63) is 59.2 Å². The molecule has 3 rings (SSSR count). The number of nitrogens with one attached hydrogen (secondary N) is 1. The summed E-state index contributed by atoms with van der Waals surface area (Å²) in [5.74, 6) is -0.259. The van der Waals surface area contributed by atoms with Gasteiger partial charge in [-0.05, 0) is 67.1 Å². The minimum atomic E-state index is -3.79. The number of nitrogens with two attached hydrogens (primary N) is 1. The first-order valence-electron chi connectivity index (χ1n) is 7.49. The minimum Gasteiger partial charge on any atom is -0.322 e. The molecule has 0 saturated carbocycles. The Balaban J connectivity index is 1.82. The largest absolute Gasteiger partial charge is 0.322 e. The summed E-state index contributed by atoms with van der Waals surface area (Å²) in [4.78, 5) is 12.3. The molecule has 0 saturated heterocycles. The molecule has 1 aliphatic carbocycles. The summed E-state index contributed by atoms with van der Waals surface area (Å²) in [7, 11) is -3.79. The fourth-order valence-electron chi connectivity index (χ4n) is 2.83. The second-order valence-corrected chi connectivity index (χ2v) is 7.28. The number of fused-ring (bicyclic) bond motifs is 1. The van der Waals surface area contributed by atoms with Crippen LogP contribution in [0, 0.1) is 0 Å². The maximum Gasteiger partial charge on any atom is 0.255 e. The predicted molar refractivity (Wildman–Crippen MR) is 88.9 cm³/mol. The lowest BCUT2D eigenvalue weighted by Crippen LogP contribution is -2.15. The molecule has 0 unspecified atom stereocenters. The number of rotatable bonds is 3. The first kappa shape index (κ1) is 15.7. The maximum atomic E-state index is 12.4. The number of anilines is 1. The monoisotopic (exact) mass is 330 g/mol. The van der Waals surface area contributed by atoms with Crippen molar-refractivity contribution < 1.29 is 13.2 Å². The number of sulfonamides is 1. The number of primary sulfonamides is 1. The van der Waals surface area contributed by atoms with Crippen LogP contribution in [-0.4, -0.2) is 14.3 Å². The molecule has 1 aliphatic rings. The molecule has 0 fully saturated rings. The van der Waals surface area contributed by atoms with Crippen molar-refractivity contribution in [1.29, 1.82) is 0 Å². The summed E-state index contributed by atoms with van der Waals surface area (Å²) in [6.07, 6.45) is 4.40. The summed E-state index contributed by atoms with van der Waals surface area (Å²) in [5, 5.41) is 7.82. The molecular formula is C17H18N2O3S. The van der Waals surface area contributed by atoms with Crippen LogP contribution in [0.4, 0.5) is 5.69 Å². The second-order valence-electron chi connectivity index (χ2n) is 5.72. The van der Waals surface area contributed by atoms with Crippen molar-refractivity contribution in [3.8, 4) is 0 Å². The highest BCUT2D eigenvalue weighted by Crippen LogP contribution is 2.23. The fourth-order valence-corrected chi connectivity index (χ4v) is 3.39. The van der Waals surface area contributed by atoms with Gasteiger partial charge in [0, 0.05) is 11.3 Å². The lowest BCUT2D eigenvalue weighted by Gasteiger charge is -2.16. The molecule has 1 amide bonds. The summed E-state index contributed by atoms with van der Waals surface area (Å²) in [6.45, 7) is 0. The van der Waals surface area contributed by atoms with Gasteiger partial charge in [-0.1, -0.05) is 12.1 Å². The van der Waals surface area contributed by atoms with E-state index >= 15 is 0 Å². The Bertz CT molecular complexity index is 860. The highest BCUT2D eigenvalue weighted by Gasteiger charge is 2.14. The van der Waals surface area contributed by atoms with E-state index in [-0.39, 0.29) is 10.8 Å². The normalized spacial score (nSPS) is 14.1. The number of carbonyl (C=O) groups is 1. The van der Waals surface area contributed by atoms with Crippen LogP contribution in [0.3, 0.4) is 0 Å². The minimum absolute atomic E-state index is 0.0271. The molecule has 3 N–H and O–H groups in total. The Morgan fingerprint density at radius 1 is 1.00 bits per heavy atom. The fraction of sp³-hybridized carbons (Fsp3) is 0.235. The van der Waals surface area contributed by atoms with Crippen LogP contribution in [0.15, 0.2) is 47.4 Å². The van der Waals surface area contributed by atoms with Crippen molar-refractivity contribution in [1.82, 2.24) is 0 Å². The number of carbonyl (C=O) groups excluding carboxylic acids is 1. The Morgan fingerprint density at radius 3 is 2.48 bits per heavy atom. The Morgan fingerprint density at radius 2 is 1.74 bits per heavy atom. The zero-order valence-corrected chi connectivity index (χ0v) is 13.4. The van der Waals surface area contributed by atoms with E-state index in [4.69, 9.17) is 5.14 Å². The summed E-state index contributed by atoms with van der Waals surface area (Å²) in [5.41, 5.74) is 3.51. The van der Waals surface area contributed by atoms with Crippen molar-refractivity contribution in [3.63, 3.8) is 0 Å². The van der Waals surface area contributed by atoms with E-state index in [2.05, 4.69) is 5.32 Å². The Kier molecular flexibility index (Phi) is 4.19. The third-order valence-electron chi connectivity index (χ3n) is 4.03. The van der Waals surface area contributed by atoms with Crippen LogP contribution < -0.4 is 10.5 Å². The van der Waals surface area contributed by atoms with Gasteiger partial charge in [-0.2, -0.15) is 0 Å². The van der Waals surface area contributed by atoms with Crippen LogP contribution in [-0.2, 0) is 22.9 Å². The van der Waals surface area contributed by atoms with Gasteiger partial charge in [0.05, 0.1) is 4.90 Å². The molecule has 0 bridgehead atoms. The van der Waals surface area contributed by atoms with Gasteiger partial charge in [0.2, 0.25) is 10.0 Å². The van der Waals surface area contributed by atoms with Gasteiger partial charge < -0.3 is 5.32 Å². The standard InChI is InChI=1S/C17H18N2O3S/c18-23(21,22)16-7-3-6-15(11-16)19-17(20)14-9-8-12-4-1-2-5-13(12)10-14/h3,6-11H,1-2,4-5H2,(H,19,20)(H2,18,21,22). The van der Waals surface area contributed by atoms with Gasteiger partial charge in [-0.3, -0.25) is 4.79 Å². The van der Waals surface area contributed by atoms with E-state index in [0.29, 0.717) is 11.3 Å². The first-order valence-corrected chi connectivity index (χ1v) is 9.04. The average molecular weight is 330 g/mol. The molecule has 0 aliphatic heterocycles. The van der Waals surface area contributed by atoms with Crippen molar-refractivity contribution in [2.24, 2.45) is 5.14 Å². The molecule has 2 aromatic rings. The summed E-state index contributed by atoms with van der Waals surface area (Å²) >= 11 is 0. The van der Waals surface area contributed by atoms with Crippen LogP contribution in [0.2, 0.25) is 0 Å². The number of benzene rings is 2. The van der Waals surface area contributed by atoms with E-state index in [1.165, 1.54) is 29.7 Å². The van der Waals surface area contributed by atoms with Gasteiger partial charge >= 0.3 is 0 Å². The van der Waals surface area contributed by atoms with E-state index in [1.54, 1.807) is 12.1 Å². The molecule has 5 nitrogen and oxygen atoms in total. The molecule has 120 valence electrons. The zero-order valence-electron chi connectivity index (χ0n) is 12.6. The topological polar surface area (TPSA) is 89.3 Å². The highest BCUT2D eigenvalue weighted by atomic mass is 32.2. The molecular weight excluding hydrogens is 312 g/mol. The predicted octanol–water partition coefficient (Wildman–Crippen LogP) is 2.47. The van der Waals surface area contributed by atoms with Crippen molar-refractivity contribution in [2.75, 3.05) is 5.32 Å². The van der Waals surface area contributed by atoms with Gasteiger partial charge in [-0.25, -0.2) is 13.6 Å². The third kappa shape index (κ3) is 3.60. The van der Waals surface area contributed by atoms with Gasteiger partial charge in [0.1, 0.15) is 0 Å². The molecule has 0 radical (unpaired) electrons. The molecule has 0 heterocycles. The third-order valence-corrected chi connectivity index (χ3v) is 4.94.